The van der Waals surface area contributed by atoms with Crippen molar-refractivity contribution in [2.75, 3.05) is 26.8 Å². The lowest BCUT2D eigenvalue weighted by Gasteiger charge is -2.31. The Labute approximate surface area is 144 Å². The van der Waals surface area contributed by atoms with E-state index in [1.54, 1.807) is 19.1 Å². The fourth-order valence-corrected chi connectivity index (χ4v) is 4.82. The molecule has 23 heavy (non-hydrogen) atoms. The number of ether oxygens (including phenoxy) is 2. The van der Waals surface area contributed by atoms with Crippen molar-refractivity contribution < 1.29 is 22.7 Å². The van der Waals surface area contributed by atoms with E-state index in [-0.39, 0.29) is 23.2 Å². The van der Waals surface area contributed by atoms with E-state index in [2.05, 4.69) is 15.9 Å². The first-order valence-electron chi connectivity index (χ1n) is 7.40. The number of methoxy groups -OCH3 is 1. The lowest BCUT2D eigenvalue weighted by molar-refractivity contribution is -0.149. The zero-order chi connectivity index (χ0) is 17.0. The Hall–Kier alpha value is -1.12. The van der Waals surface area contributed by atoms with E-state index >= 15 is 0 Å². The van der Waals surface area contributed by atoms with Crippen LogP contribution in [0.25, 0.3) is 0 Å². The van der Waals surface area contributed by atoms with Crippen LogP contribution in [0, 0.1) is 5.92 Å². The van der Waals surface area contributed by atoms with Gasteiger partial charge in [-0.3, -0.25) is 4.79 Å². The van der Waals surface area contributed by atoms with Gasteiger partial charge in [-0.15, -0.1) is 0 Å². The van der Waals surface area contributed by atoms with Gasteiger partial charge < -0.3 is 9.47 Å². The molecule has 1 aromatic rings. The maximum atomic E-state index is 12.9. The molecule has 0 unspecified atom stereocenters. The molecule has 0 spiro atoms. The van der Waals surface area contributed by atoms with Crippen molar-refractivity contribution >= 4 is 31.9 Å². The summed E-state index contributed by atoms with van der Waals surface area (Å²) in [6.07, 6.45) is 1.26. The highest BCUT2D eigenvalue weighted by Crippen LogP contribution is 2.32. The van der Waals surface area contributed by atoms with Gasteiger partial charge in [0.15, 0.2) is 0 Å². The highest BCUT2D eigenvalue weighted by atomic mass is 79.9. The molecule has 0 radical (unpaired) electrons. The normalized spacial score (nSPS) is 19.3. The molecule has 128 valence electrons. The van der Waals surface area contributed by atoms with Crippen molar-refractivity contribution in [3.8, 4) is 5.75 Å². The van der Waals surface area contributed by atoms with Crippen LogP contribution in [-0.2, 0) is 19.6 Å². The minimum atomic E-state index is -3.74. The van der Waals surface area contributed by atoms with Crippen LogP contribution in [0.2, 0.25) is 0 Å². The smallest absolute Gasteiger partial charge is 0.310 e. The van der Waals surface area contributed by atoms with Crippen molar-refractivity contribution in [3.05, 3.63) is 22.7 Å². The standard InChI is InChI=1S/C15H20BrNO5S/c1-3-22-15(18)11-5-4-8-17(10-11)23(19,20)14-9-12(16)6-7-13(14)21-2/h6-7,9,11H,3-5,8,10H2,1-2H3/t11-/m1/s1. The number of hydrogen-bond acceptors (Lipinski definition) is 5. The monoisotopic (exact) mass is 405 g/mol. The summed E-state index contributed by atoms with van der Waals surface area (Å²) in [5.41, 5.74) is 0. The molecular weight excluding hydrogens is 386 g/mol. The molecule has 8 heteroatoms. The molecule has 1 aliphatic heterocycles. The number of halogens is 1. The van der Waals surface area contributed by atoms with E-state index in [1.165, 1.54) is 17.5 Å². The number of benzene rings is 1. The largest absolute Gasteiger partial charge is 0.495 e. The van der Waals surface area contributed by atoms with Gasteiger partial charge in [0.2, 0.25) is 10.0 Å². The van der Waals surface area contributed by atoms with Crippen LogP contribution in [0.4, 0.5) is 0 Å². The average molecular weight is 406 g/mol. The van der Waals surface area contributed by atoms with Gasteiger partial charge in [-0.25, -0.2) is 8.42 Å². The Balaban J connectivity index is 2.29. The Morgan fingerprint density at radius 1 is 1.43 bits per heavy atom. The molecule has 1 aromatic carbocycles. The molecule has 0 saturated carbocycles. The molecule has 1 saturated heterocycles. The molecule has 1 heterocycles. The van der Waals surface area contributed by atoms with Gasteiger partial charge >= 0.3 is 5.97 Å². The zero-order valence-electron chi connectivity index (χ0n) is 13.1. The first-order chi connectivity index (χ1) is 10.9. The summed E-state index contributed by atoms with van der Waals surface area (Å²) in [6, 6.07) is 4.83. The topological polar surface area (TPSA) is 72.9 Å². The van der Waals surface area contributed by atoms with Crippen molar-refractivity contribution in [1.29, 1.82) is 0 Å². The molecule has 0 amide bonds. The molecule has 1 fully saturated rings. The second-order valence-corrected chi connectivity index (χ2v) is 8.07. The SMILES string of the molecule is CCOC(=O)[C@@H]1CCCN(S(=O)(=O)c2cc(Br)ccc2OC)C1. The number of carbonyl (C=O) groups excluding carboxylic acids is 1. The highest BCUT2D eigenvalue weighted by molar-refractivity contribution is 9.10. The van der Waals surface area contributed by atoms with Crippen molar-refractivity contribution in [1.82, 2.24) is 4.31 Å². The molecule has 0 N–H and O–H groups in total. The number of nitrogens with zero attached hydrogens (tertiary/aromatic N) is 1. The van der Waals surface area contributed by atoms with Gasteiger partial charge in [0.05, 0.1) is 19.6 Å². The molecule has 0 aromatic heterocycles. The van der Waals surface area contributed by atoms with Crippen LogP contribution in [0.15, 0.2) is 27.6 Å². The molecule has 1 aliphatic rings. The summed E-state index contributed by atoms with van der Waals surface area (Å²) >= 11 is 3.28. The fraction of sp³-hybridized carbons (Fsp3) is 0.533. The van der Waals surface area contributed by atoms with E-state index < -0.39 is 15.9 Å². The molecular formula is C15H20BrNO5S. The van der Waals surface area contributed by atoms with Gasteiger partial charge in [-0.1, -0.05) is 15.9 Å². The van der Waals surface area contributed by atoms with Crippen molar-refractivity contribution in [2.45, 2.75) is 24.7 Å². The summed E-state index contributed by atoms with van der Waals surface area (Å²) in [5, 5.41) is 0. The minimum absolute atomic E-state index is 0.0962. The lowest BCUT2D eigenvalue weighted by Crippen LogP contribution is -2.42. The van der Waals surface area contributed by atoms with Crippen LogP contribution in [0.1, 0.15) is 19.8 Å². The number of sulfonamides is 1. The van der Waals surface area contributed by atoms with Crippen LogP contribution in [-0.4, -0.2) is 45.5 Å². The predicted molar refractivity (Wildman–Crippen MR) is 88.8 cm³/mol. The first-order valence-corrected chi connectivity index (χ1v) is 9.63. The summed E-state index contributed by atoms with van der Waals surface area (Å²) < 4.78 is 38.0. The average Bonchev–Trinajstić information content (AvgIpc) is 2.55. The van der Waals surface area contributed by atoms with E-state index in [0.717, 1.165) is 0 Å². The molecule has 1 atom stereocenters. The van der Waals surface area contributed by atoms with Crippen LogP contribution < -0.4 is 4.74 Å². The summed E-state index contributed by atoms with van der Waals surface area (Å²) in [4.78, 5) is 12.0. The van der Waals surface area contributed by atoms with E-state index in [9.17, 15) is 13.2 Å². The Kier molecular flexibility index (Phi) is 6.05. The molecule has 6 nitrogen and oxygen atoms in total. The maximum absolute atomic E-state index is 12.9. The first kappa shape index (κ1) is 18.2. The van der Waals surface area contributed by atoms with Gasteiger partial charge in [0.25, 0.3) is 0 Å². The number of esters is 1. The Morgan fingerprint density at radius 3 is 2.83 bits per heavy atom. The molecule has 0 aliphatic carbocycles. The number of rotatable bonds is 5. The van der Waals surface area contributed by atoms with Crippen LogP contribution in [0.3, 0.4) is 0 Å². The van der Waals surface area contributed by atoms with E-state index in [1.807, 2.05) is 0 Å². The second kappa shape index (κ2) is 7.63. The maximum Gasteiger partial charge on any atom is 0.310 e. The van der Waals surface area contributed by atoms with Gasteiger partial charge in [0.1, 0.15) is 10.6 Å². The molecule has 0 bridgehead atoms. The minimum Gasteiger partial charge on any atom is -0.495 e. The third-order valence-corrected chi connectivity index (χ3v) is 6.13. The number of hydrogen-bond donors (Lipinski definition) is 0. The summed E-state index contributed by atoms with van der Waals surface area (Å²) in [5.74, 6) is -0.475. The fourth-order valence-electron chi connectivity index (χ4n) is 2.60. The Bertz CT molecular complexity index is 676. The summed E-state index contributed by atoms with van der Waals surface area (Å²) in [7, 11) is -2.31. The third kappa shape index (κ3) is 4.05. The Morgan fingerprint density at radius 2 is 2.17 bits per heavy atom. The van der Waals surface area contributed by atoms with Crippen molar-refractivity contribution in [3.63, 3.8) is 0 Å². The summed E-state index contributed by atoms with van der Waals surface area (Å²) in [6.45, 7) is 2.55. The van der Waals surface area contributed by atoms with Gasteiger partial charge in [-0.2, -0.15) is 4.31 Å². The number of carbonyl (C=O) groups is 1. The van der Waals surface area contributed by atoms with Gasteiger partial charge in [-0.05, 0) is 38.0 Å². The van der Waals surface area contributed by atoms with Gasteiger partial charge in [0, 0.05) is 17.6 Å². The predicted octanol–water partition coefficient (Wildman–Crippen LogP) is 2.42. The zero-order valence-corrected chi connectivity index (χ0v) is 15.5. The number of piperidine rings is 1. The molecule has 2 rings (SSSR count). The van der Waals surface area contributed by atoms with E-state index in [0.29, 0.717) is 30.5 Å². The third-order valence-electron chi connectivity index (χ3n) is 3.75. The quantitative estimate of drug-likeness (QED) is 0.703. The lowest BCUT2D eigenvalue weighted by atomic mass is 10.0. The van der Waals surface area contributed by atoms with E-state index in [4.69, 9.17) is 9.47 Å². The highest BCUT2D eigenvalue weighted by Gasteiger charge is 2.35. The van der Waals surface area contributed by atoms with Crippen molar-refractivity contribution in [2.24, 2.45) is 5.92 Å². The second-order valence-electron chi connectivity index (χ2n) is 5.25. The van der Waals surface area contributed by atoms with Crippen LogP contribution >= 0.6 is 15.9 Å². The van der Waals surface area contributed by atoms with Crippen LogP contribution in [0.5, 0.6) is 5.75 Å².